The number of benzene rings is 2. The van der Waals surface area contributed by atoms with Crippen molar-refractivity contribution < 1.29 is 4.79 Å². The zero-order chi connectivity index (χ0) is 15.2. The zero-order valence-corrected chi connectivity index (χ0v) is 13.0. The lowest BCUT2D eigenvalue weighted by atomic mass is 10.1. The van der Waals surface area contributed by atoms with Gasteiger partial charge in [0.25, 0.3) is 0 Å². The molecular weight excluding hydrogens is 284 g/mol. The van der Waals surface area contributed by atoms with E-state index in [4.69, 9.17) is 11.6 Å². The van der Waals surface area contributed by atoms with Crippen LogP contribution in [0.2, 0.25) is 5.02 Å². The highest BCUT2D eigenvalue weighted by molar-refractivity contribution is 6.33. The third kappa shape index (κ3) is 4.23. The normalized spacial score (nSPS) is 10.2. The van der Waals surface area contributed by atoms with Crippen molar-refractivity contribution in [3.05, 3.63) is 64.7 Å². The zero-order valence-electron chi connectivity index (χ0n) is 12.3. The summed E-state index contributed by atoms with van der Waals surface area (Å²) in [5.41, 5.74) is 2.84. The lowest BCUT2D eigenvalue weighted by molar-refractivity contribution is 0.223. The van der Waals surface area contributed by atoms with E-state index in [0.29, 0.717) is 17.3 Å². The average molecular weight is 303 g/mol. The van der Waals surface area contributed by atoms with E-state index < -0.39 is 0 Å². The van der Waals surface area contributed by atoms with E-state index in [1.54, 1.807) is 18.0 Å². The van der Waals surface area contributed by atoms with Crippen LogP contribution in [0.5, 0.6) is 0 Å². The minimum atomic E-state index is -0.151. The van der Waals surface area contributed by atoms with Crippen LogP contribution in [0.15, 0.2) is 48.5 Å². The molecule has 2 rings (SSSR count). The second-order valence-electron chi connectivity index (χ2n) is 5.02. The number of halogens is 1. The van der Waals surface area contributed by atoms with Gasteiger partial charge in [-0.25, -0.2) is 4.79 Å². The van der Waals surface area contributed by atoms with Crippen molar-refractivity contribution in [2.75, 3.05) is 18.9 Å². The number of urea groups is 1. The van der Waals surface area contributed by atoms with Gasteiger partial charge in [0.05, 0.1) is 10.7 Å². The number of carbonyl (C=O) groups is 1. The summed E-state index contributed by atoms with van der Waals surface area (Å²) in [6.45, 7) is 2.57. The molecule has 0 aliphatic heterocycles. The molecule has 0 aliphatic rings. The van der Waals surface area contributed by atoms with E-state index in [1.165, 1.54) is 5.56 Å². The van der Waals surface area contributed by atoms with Crippen LogP contribution >= 0.6 is 11.6 Å². The van der Waals surface area contributed by atoms with Crippen LogP contribution in [0.3, 0.4) is 0 Å². The molecule has 0 saturated heterocycles. The lowest BCUT2D eigenvalue weighted by Gasteiger charge is -2.19. The highest BCUT2D eigenvalue weighted by Crippen LogP contribution is 2.25. The first-order valence-electron chi connectivity index (χ1n) is 6.89. The Kier molecular flexibility index (Phi) is 5.23. The minimum Gasteiger partial charge on any atom is -0.327 e. The highest BCUT2D eigenvalue weighted by Gasteiger charge is 2.12. The SMILES string of the molecule is Cc1cccc(Cl)c1NC(=O)N(C)CCc1ccccc1. The van der Waals surface area contributed by atoms with Crippen molar-refractivity contribution in [3.63, 3.8) is 0 Å². The van der Waals surface area contributed by atoms with Crippen LogP contribution in [-0.2, 0) is 6.42 Å². The number of nitrogens with one attached hydrogen (secondary N) is 1. The van der Waals surface area contributed by atoms with Crippen molar-refractivity contribution in [1.82, 2.24) is 4.90 Å². The van der Waals surface area contributed by atoms with E-state index >= 15 is 0 Å². The van der Waals surface area contributed by atoms with E-state index in [1.807, 2.05) is 37.3 Å². The Balaban J connectivity index is 1.94. The Morgan fingerprint density at radius 1 is 1.14 bits per heavy atom. The van der Waals surface area contributed by atoms with Gasteiger partial charge in [0.1, 0.15) is 0 Å². The summed E-state index contributed by atoms with van der Waals surface area (Å²) >= 11 is 6.12. The van der Waals surface area contributed by atoms with Crippen LogP contribution in [0.1, 0.15) is 11.1 Å². The Morgan fingerprint density at radius 2 is 1.86 bits per heavy atom. The maximum Gasteiger partial charge on any atom is 0.321 e. The summed E-state index contributed by atoms with van der Waals surface area (Å²) in [7, 11) is 1.78. The molecule has 2 amide bonds. The number of para-hydroxylation sites is 1. The molecule has 2 aromatic rings. The van der Waals surface area contributed by atoms with Crippen LogP contribution in [0.25, 0.3) is 0 Å². The van der Waals surface area contributed by atoms with E-state index in [2.05, 4.69) is 17.4 Å². The molecule has 0 unspecified atom stereocenters. The van der Waals surface area contributed by atoms with Gasteiger partial charge in [-0.1, -0.05) is 54.1 Å². The molecule has 1 N–H and O–H groups in total. The van der Waals surface area contributed by atoms with Gasteiger partial charge in [0.15, 0.2) is 0 Å². The standard InChI is InChI=1S/C17H19ClN2O/c1-13-7-6-10-15(18)16(13)19-17(21)20(2)12-11-14-8-4-3-5-9-14/h3-10H,11-12H2,1-2H3,(H,19,21). The molecule has 0 fully saturated rings. The van der Waals surface area contributed by atoms with Gasteiger partial charge >= 0.3 is 6.03 Å². The molecule has 0 atom stereocenters. The number of amides is 2. The van der Waals surface area contributed by atoms with Crippen LogP contribution in [0.4, 0.5) is 10.5 Å². The molecular formula is C17H19ClN2O. The molecule has 3 nitrogen and oxygen atoms in total. The molecule has 0 heterocycles. The first kappa shape index (κ1) is 15.4. The topological polar surface area (TPSA) is 32.3 Å². The second kappa shape index (κ2) is 7.14. The highest BCUT2D eigenvalue weighted by atomic mass is 35.5. The number of anilines is 1. The molecule has 110 valence electrons. The fourth-order valence-corrected chi connectivity index (χ4v) is 2.30. The van der Waals surface area contributed by atoms with Gasteiger partial charge in [-0.05, 0) is 30.5 Å². The minimum absolute atomic E-state index is 0.151. The Hall–Kier alpha value is -2.00. The predicted molar refractivity (Wildman–Crippen MR) is 88.0 cm³/mol. The Bertz CT molecular complexity index is 593. The fourth-order valence-electron chi connectivity index (χ4n) is 2.04. The van der Waals surface area contributed by atoms with Crippen LogP contribution < -0.4 is 5.32 Å². The number of aryl methyl sites for hydroxylation is 1. The first-order chi connectivity index (χ1) is 10.1. The first-order valence-corrected chi connectivity index (χ1v) is 7.27. The molecule has 2 aromatic carbocycles. The molecule has 21 heavy (non-hydrogen) atoms. The van der Waals surface area contributed by atoms with Crippen molar-refractivity contribution in [2.45, 2.75) is 13.3 Å². The molecule has 0 aliphatic carbocycles. The van der Waals surface area contributed by atoms with E-state index in [0.717, 1.165) is 12.0 Å². The maximum atomic E-state index is 12.2. The molecule has 0 saturated carbocycles. The monoisotopic (exact) mass is 302 g/mol. The average Bonchev–Trinajstić information content (AvgIpc) is 2.49. The van der Waals surface area contributed by atoms with E-state index in [-0.39, 0.29) is 6.03 Å². The summed E-state index contributed by atoms with van der Waals surface area (Å²) in [5, 5.41) is 3.42. The summed E-state index contributed by atoms with van der Waals surface area (Å²) in [6.07, 6.45) is 0.826. The predicted octanol–water partition coefficient (Wildman–Crippen LogP) is 4.35. The third-order valence-corrected chi connectivity index (χ3v) is 3.69. The van der Waals surface area contributed by atoms with Gasteiger partial charge in [0, 0.05) is 13.6 Å². The van der Waals surface area contributed by atoms with Crippen molar-refractivity contribution >= 4 is 23.3 Å². The van der Waals surface area contributed by atoms with Crippen molar-refractivity contribution in [2.24, 2.45) is 0 Å². The second-order valence-corrected chi connectivity index (χ2v) is 5.43. The van der Waals surface area contributed by atoms with Gasteiger partial charge in [-0.3, -0.25) is 0 Å². The molecule has 0 spiro atoms. The van der Waals surface area contributed by atoms with Gasteiger partial charge < -0.3 is 10.2 Å². The molecule has 0 aromatic heterocycles. The number of likely N-dealkylation sites (N-methyl/N-ethyl adjacent to an activating group) is 1. The number of rotatable bonds is 4. The quantitative estimate of drug-likeness (QED) is 0.894. The summed E-state index contributed by atoms with van der Waals surface area (Å²) in [5.74, 6) is 0. The van der Waals surface area contributed by atoms with Crippen molar-refractivity contribution in [3.8, 4) is 0 Å². The summed E-state index contributed by atoms with van der Waals surface area (Å²) in [6, 6.07) is 15.5. The maximum absolute atomic E-state index is 12.2. The smallest absolute Gasteiger partial charge is 0.321 e. The molecule has 4 heteroatoms. The third-order valence-electron chi connectivity index (χ3n) is 3.38. The summed E-state index contributed by atoms with van der Waals surface area (Å²) in [4.78, 5) is 13.9. The number of nitrogens with zero attached hydrogens (tertiary/aromatic N) is 1. The Morgan fingerprint density at radius 3 is 2.52 bits per heavy atom. The molecule has 0 bridgehead atoms. The van der Waals surface area contributed by atoms with E-state index in [9.17, 15) is 4.79 Å². The number of hydrogen-bond donors (Lipinski definition) is 1. The van der Waals surface area contributed by atoms with Crippen LogP contribution in [0, 0.1) is 6.92 Å². The lowest BCUT2D eigenvalue weighted by Crippen LogP contribution is -2.33. The van der Waals surface area contributed by atoms with Gasteiger partial charge in [0.2, 0.25) is 0 Å². The number of hydrogen-bond acceptors (Lipinski definition) is 1. The number of carbonyl (C=O) groups excluding carboxylic acids is 1. The van der Waals surface area contributed by atoms with Gasteiger partial charge in [-0.15, -0.1) is 0 Å². The van der Waals surface area contributed by atoms with Gasteiger partial charge in [-0.2, -0.15) is 0 Å². The Labute approximate surface area is 130 Å². The summed E-state index contributed by atoms with van der Waals surface area (Å²) < 4.78 is 0. The largest absolute Gasteiger partial charge is 0.327 e. The van der Waals surface area contributed by atoms with Crippen LogP contribution in [-0.4, -0.2) is 24.5 Å². The fraction of sp³-hybridized carbons (Fsp3) is 0.235. The van der Waals surface area contributed by atoms with Crippen molar-refractivity contribution in [1.29, 1.82) is 0 Å². The molecule has 0 radical (unpaired) electrons.